The Hall–Kier alpha value is 0.162. The molecule has 1 heterocycles. The van der Waals surface area contributed by atoms with E-state index in [2.05, 4.69) is 33.9 Å². The minimum atomic E-state index is -2.02. The Kier molecular flexibility index (Phi) is 4.51. The molecule has 19 heavy (non-hydrogen) atoms. The van der Waals surface area contributed by atoms with Crippen LogP contribution >= 0.6 is 0 Å². The summed E-state index contributed by atoms with van der Waals surface area (Å²) < 4.78 is 19.5. The van der Waals surface area contributed by atoms with Crippen LogP contribution in [0.15, 0.2) is 0 Å². The van der Waals surface area contributed by atoms with Crippen molar-refractivity contribution in [2.24, 2.45) is 0 Å². The van der Waals surface area contributed by atoms with Gasteiger partial charge in [0.2, 0.25) is 0 Å². The second-order valence-electron chi connectivity index (χ2n) is 7.04. The lowest BCUT2D eigenvalue weighted by molar-refractivity contribution is -0.0735. The van der Waals surface area contributed by atoms with Crippen molar-refractivity contribution in [3.63, 3.8) is 0 Å². The monoisotopic (exact) mass is 285 g/mol. The molecular formula is C14H29BO3Si. The van der Waals surface area contributed by atoms with Crippen LogP contribution in [-0.2, 0) is 9.16 Å². The zero-order chi connectivity index (χ0) is 15.8. The summed E-state index contributed by atoms with van der Waals surface area (Å²) in [4.78, 5) is 0. The summed E-state index contributed by atoms with van der Waals surface area (Å²) in [6.45, 7) is 12.9. The van der Waals surface area contributed by atoms with Crippen LogP contribution in [0, 0.1) is 0 Å². The van der Waals surface area contributed by atoms with E-state index in [0.29, 0.717) is 12.8 Å². The number of hydrogen-bond donors (Lipinski definition) is 1. The first-order valence-corrected chi connectivity index (χ1v) is 10.00. The fraction of sp³-hybridized carbons (Fsp3) is 1.00. The van der Waals surface area contributed by atoms with Gasteiger partial charge in [0.25, 0.3) is 0 Å². The van der Waals surface area contributed by atoms with E-state index >= 15 is 0 Å². The fourth-order valence-electron chi connectivity index (χ4n) is 2.21. The minimum absolute atomic E-state index is 0.0549. The highest BCUT2D eigenvalue weighted by molar-refractivity contribution is 6.74. The van der Waals surface area contributed by atoms with Crippen molar-refractivity contribution < 1.29 is 15.6 Å². The fourth-order valence-corrected chi connectivity index (χ4v) is 3.51. The van der Waals surface area contributed by atoms with Gasteiger partial charge in [0, 0.05) is 7.37 Å². The van der Waals surface area contributed by atoms with Crippen molar-refractivity contribution in [1.29, 1.82) is 0 Å². The topological polar surface area (TPSA) is 38.7 Å². The molecule has 1 unspecified atom stereocenters. The highest BCUT2D eigenvalue weighted by Crippen LogP contribution is 2.42. The Balaban J connectivity index is 2.92. The van der Waals surface area contributed by atoms with Crippen LogP contribution < -0.4 is 0 Å². The maximum Gasteiger partial charge on any atom is 0.192 e. The molecule has 110 valence electrons. The Bertz CT molecular complexity index is 335. The van der Waals surface area contributed by atoms with Crippen LogP contribution in [0.5, 0.6) is 0 Å². The van der Waals surface area contributed by atoms with Crippen molar-refractivity contribution >= 4 is 16.2 Å². The second-order valence-corrected chi connectivity index (χ2v) is 11.8. The molecule has 1 rings (SSSR count). The largest absolute Gasteiger partial charge is 0.409 e. The molecular weight excluding hydrogens is 255 g/mol. The van der Waals surface area contributed by atoms with Gasteiger partial charge in [0.15, 0.2) is 8.32 Å². The Morgan fingerprint density at radius 1 is 1.42 bits per heavy atom. The van der Waals surface area contributed by atoms with Crippen LogP contribution in [-0.4, -0.2) is 45.1 Å². The first-order valence-electron chi connectivity index (χ1n) is 7.80. The van der Waals surface area contributed by atoms with E-state index in [0.717, 1.165) is 0 Å². The maximum absolute atomic E-state index is 10.6. The molecule has 1 aliphatic rings. The molecule has 1 aliphatic heterocycles. The van der Waals surface area contributed by atoms with E-state index in [9.17, 15) is 5.11 Å². The summed E-state index contributed by atoms with van der Waals surface area (Å²) in [6.07, 6.45) is -0.141. The molecule has 3 nitrogen and oxygen atoms in total. The molecule has 0 aromatic rings. The predicted octanol–water partition coefficient (Wildman–Crippen LogP) is 2.82. The van der Waals surface area contributed by atoms with E-state index in [1.807, 2.05) is 6.92 Å². The Morgan fingerprint density at radius 3 is 2.42 bits per heavy atom. The van der Waals surface area contributed by atoms with E-state index < -0.39 is 32.1 Å². The molecule has 0 aliphatic carbocycles. The first-order chi connectivity index (χ1) is 9.00. The Morgan fingerprint density at radius 2 is 2.00 bits per heavy atom. The molecule has 0 aromatic carbocycles. The van der Waals surface area contributed by atoms with Gasteiger partial charge in [-0.2, -0.15) is 0 Å². The van der Waals surface area contributed by atoms with Crippen molar-refractivity contribution in [1.82, 2.24) is 0 Å². The summed E-state index contributed by atoms with van der Waals surface area (Å²) in [5, 5.41) is 10.7. The van der Waals surface area contributed by atoms with Gasteiger partial charge >= 0.3 is 0 Å². The van der Waals surface area contributed by atoms with Gasteiger partial charge in [-0.1, -0.05) is 34.6 Å². The van der Waals surface area contributed by atoms with Gasteiger partial charge in [-0.05, 0) is 31.0 Å². The van der Waals surface area contributed by atoms with Crippen molar-refractivity contribution in [2.75, 3.05) is 0 Å². The highest BCUT2D eigenvalue weighted by Gasteiger charge is 2.53. The van der Waals surface area contributed by atoms with E-state index in [1.54, 1.807) is 0 Å². The van der Waals surface area contributed by atoms with Crippen LogP contribution in [0.3, 0.4) is 0 Å². The normalized spacial score (nSPS) is 37.4. The van der Waals surface area contributed by atoms with Gasteiger partial charge in [-0.3, -0.25) is 0 Å². The van der Waals surface area contributed by atoms with Gasteiger partial charge in [-0.15, -0.1) is 0 Å². The molecule has 5 heteroatoms. The second kappa shape index (κ2) is 5.51. The average Bonchev–Trinajstić information content (AvgIpc) is 2.53. The molecule has 0 amide bonds. The lowest BCUT2D eigenvalue weighted by atomic mass is 9.86. The number of hydrogen-bond acceptors (Lipinski definition) is 3. The molecule has 0 saturated carbocycles. The van der Waals surface area contributed by atoms with Crippen LogP contribution in [0.4, 0.5) is 0 Å². The summed E-state index contributed by atoms with van der Waals surface area (Å²) in [5.41, 5.74) is -0.728. The summed E-state index contributed by atoms with van der Waals surface area (Å²) >= 11 is 0. The molecule has 2 radical (unpaired) electrons. The summed E-state index contributed by atoms with van der Waals surface area (Å²) in [7, 11) is 4.04. The number of rotatable bonds is 4. The average molecular weight is 285 g/mol. The third-order valence-corrected chi connectivity index (χ3v) is 9.28. The van der Waals surface area contributed by atoms with Gasteiger partial charge in [0.1, 0.15) is 14.0 Å². The van der Waals surface area contributed by atoms with Crippen molar-refractivity contribution in [2.45, 2.75) is 89.4 Å². The highest BCUT2D eigenvalue weighted by atomic mass is 28.4. The van der Waals surface area contributed by atoms with Crippen LogP contribution in [0.1, 0.15) is 48.8 Å². The van der Waals surface area contributed by atoms with E-state index in [1.165, 1.54) is 0 Å². The number of aliphatic hydroxyl groups is 1. The molecule has 0 bridgehead atoms. The Labute approximate surface area is 122 Å². The van der Waals surface area contributed by atoms with Crippen molar-refractivity contribution in [3.8, 4) is 0 Å². The maximum atomic E-state index is 10.6. The van der Waals surface area contributed by atoms with Crippen LogP contribution in [0.25, 0.3) is 0 Å². The molecule has 4 atom stereocenters. The summed E-state index contributed by atoms with van der Waals surface area (Å²) in [6, 6.07) is -0.620. The third kappa shape index (κ3) is 3.09. The predicted molar refractivity (Wildman–Crippen MR) is 82.0 cm³/mol. The van der Waals surface area contributed by atoms with Gasteiger partial charge in [0.05, 0.1) is 11.7 Å². The molecule has 0 spiro atoms. The van der Waals surface area contributed by atoms with Gasteiger partial charge in [-0.25, -0.2) is 0 Å². The molecule has 0 aromatic heterocycles. The molecule has 1 N–H and O–H groups in total. The number of ether oxygens (including phenoxy) is 1. The zero-order valence-electron chi connectivity index (χ0n) is 14.2. The number of aliphatic hydroxyl groups excluding tert-OH is 1. The third-order valence-electron chi connectivity index (χ3n) is 4.80. The quantitative estimate of drug-likeness (QED) is 0.807. The van der Waals surface area contributed by atoms with Crippen LogP contribution in [0.2, 0.25) is 18.1 Å². The van der Waals surface area contributed by atoms with E-state index in [-0.39, 0.29) is 11.9 Å². The standard InChI is InChI=1S/C14H29BO3Si/c1-8-14(9-2)11(16)10(12(15)17-14)18-19(6,7)13(3,4)5/h10-12,16H,8-9H2,1-7H3/t10?,11-,12-/m1/s1/i1D/t10?,11-,12-,14-. The van der Waals surface area contributed by atoms with Crippen molar-refractivity contribution in [3.05, 3.63) is 0 Å². The minimum Gasteiger partial charge on any atom is -0.409 e. The van der Waals surface area contributed by atoms with Gasteiger partial charge < -0.3 is 14.3 Å². The lowest BCUT2D eigenvalue weighted by Gasteiger charge is -2.40. The summed E-state index contributed by atoms with van der Waals surface area (Å²) in [5.74, 6) is 0. The van der Waals surface area contributed by atoms with E-state index in [4.69, 9.17) is 18.4 Å². The zero-order valence-corrected chi connectivity index (χ0v) is 14.2. The molecule has 1 saturated heterocycles. The smallest absolute Gasteiger partial charge is 0.192 e. The molecule has 1 fully saturated rings. The first kappa shape index (κ1) is 15.5. The SMILES string of the molecule is [2H]CC[C@]1(CC)O[C@@H]([B])C(O[Si](C)(C)C(C)(C)C)[C@H]1O. The lowest BCUT2D eigenvalue weighted by Crippen LogP contribution is -2.51.